The van der Waals surface area contributed by atoms with E-state index in [2.05, 4.69) is 29.0 Å². The van der Waals surface area contributed by atoms with Crippen molar-refractivity contribution in [2.75, 3.05) is 5.32 Å². The Morgan fingerprint density at radius 3 is 2.58 bits per heavy atom. The molecule has 160 valence electrons. The Morgan fingerprint density at radius 1 is 1.06 bits per heavy atom. The fourth-order valence-electron chi connectivity index (χ4n) is 3.90. The molecule has 0 aliphatic carbocycles. The molecule has 1 saturated heterocycles. The molecule has 2 N–H and O–H groups in total. The van der Waals surface area contributed by atoms with E-state index in [1.165, 1.54) is 0 Å². The molecular weight excluding hydrogens is 392 g/mol. The molecule has 31 heavy (non-hydrogen) atoms. The summed E-state index contributed by atoms with van der Waals surface area (Å²) in [4.78, 5) is 38.8. The number of urea groups is 1. The topological polar surface area (TPSA) is 83.4 Å². The summed E-state index contributed by atoms with van der Waals surface area (Å²) in [6.07, 6.45) is 1.90. The molecule has 0 spiro atoms. The van der Waals surface area contributed by atoms with Gasteiger partial charge in [0.1, 0.15) is 6.04 Å². The molecule has 0 saturated carbocycles. The van der Waals surface area contributed by atoms with E-state index in [1.54, 1.807) is 0 Å². The lowest BCUT2D eigenvalue weighted by Gasteiger charge is -2.13. The largest absolute Gasteiger partial charge is 0.347 e. The summed E-state index contributed by atoms with van der Waals surface area (Å²) >= 11 is 0. The van der Waals surface area contributed by atoms with Crippen molar-refractivity contribution < 1.29 is 14.4 Å². The zero-order valence-electron chi connectivity index (χ0n) is 17.7. The highest BCUT2D eigenvalue weighted by atomic mass is 16.2. The third-order valence-electron chi connectivity index (χ3n) is 5.33. The zero-order chi connectivity index (χ0) is 22.0. The number of rotatable bonds is 7. The van der Waals surface area contributed by atoms with Crippen LogP contribution in [-0.4, -0.2) is 33.4 Å². The lowest BCUT2D eigenvalue weighted by atomic mass is 10.1. The third kappa shape index (κ3) is 4.45. The summed E-state index contributed by atoms with van der Waals surface area (Å²) in [6, 6.07) is 15.7. The number of nitrogens with zero attached hydrogens (tertiary/aromatic N) is 2. The van der Waals surface area contributed by atoms with Gasteiger partial charge in [0.25, 0.3) is 5.91 Å². The molecule has 7 heteroatoms. The van der Waals surface area contributed by atoms with Gasteiger partial charge < -0.3 is 15.2 Å². The number of carbonyl (C=O) groups is 3. The summed E-state index contributed by atoms with van der Waals surface area (Å²) < 4.78 is 2.16. The van der Waals surface area contributed by atoms with Gasteiger partial charge in [-0.1, -0.05) is 50.2 Å². The van der Waals surface area contributed by atoms with Gasteiger partial charge in [0, 0.05) is 18.1 Å². The van der Waals surface area contributed by atoms with Crippen LogP contribution >= 0.6 is 0 Å². The molecule has 0 bridgehead atoms. The molecule has 2 heterocycles. The summed E-state index contributed by atoms with van der Waals surface area (Å²) in [6.45, 7) is 5.39. The normalized spacial score (nSPS) is 16.2. The highest BCUT2D eigenvalue weighted by molar-refractivity contribution is 6.08. The quantitative estimate of drug-likeness (QED) is 0.573. The lowest BCUT2D eigenvalue weighted by Crippen LogP contribution is -2.34. The maximum atomic E-state index is 12.7. The van der Waals surface area contributed by atoms with Crippen LogP contribution in [0.15, 0.2) is 60.8 Å². The van der Waals surface area contributed by atoms with Crippen molar-refractivity contribution in [3.8, 4) is 0 Å². The van der Waals surface area contributed by atoms with Gasteiger partial charge in [-0.2, -0.15) is 0 Å². The number of hydrogen-bond acceptors (Lipinski definition) is 3. The monoisotopic (exact) mass is 418 g/mol. The van der Waals surface area contributed by atoms with Crippen molar-refractivity contribution in [2.45, 2.75) is 39.4 Å². The van der Waals surface area contributed by atoms with E-state index in [4.69, 9.17) is 0 Å². The van der Waals surface area contributed by atoms with E-state index in [9.17, 15) is 14.4 Å². The lowest BCUT2D eigenvalue weighted by molar-refractivity contribution is -0.130. The SMILES string of the molecule is CC(C)Cn1ccc2c(NC(=O)C[C@@H]3NC(=O)N(Cc4ccccc4)C3=O)cccc21. The molecule has 0 unspecified atom stereocenters. The van der Waals surface area contributed by atoms with Crippen LogP contribution in [0, 0.1) is 5.92 Å². The van der Waals surface area contributed by atoms with Crippen LogP contribution in [-0.2, 0) is 22.7 Å². The minimum absolute atomic E-state index is 0.112. The van der Waals surface area contributed by atoms with Crippen molar-refractivity contribution in [1.29, 1.82) is 0 Å². The smallest absolute Gasteiger partial charge is 0.325 e. The molecule has 0 radical (unpaired) electrons. The van der Waals surface area contributed by atoms with Crippen LogP contribution in [0.5, 0.6) is 0 Å². The first-order valence-corrected chi connectivity index (χ1v) is 10.5. The van der Waals surface area contributed by atoms with Crippen LogP contribution < -0.4 is 10.6 Å². The van der Waals surface area contributed by atoms with E-state index in [0.29, 0.717) is 11.6 Å². The van der Waals surface area contributed by atoms with Crippen molar-refractivity contribution in [2.24, 2.45) is 5.92 Å². The second-order valence-electron chi connectivity index (χ2n) is 8.26. The third-order valence-corrected chi connectivity index (χ3v) is 5.33. The van der Waals surface area contributed by atoms with Gasteiger partial charge >= 0.3 is 6.03 Å². The fraction of sp³-hybridized carbons (Fsp3) is 0.292. The van der Waals surface area contributed by atoms with Crippen LogP contribution in [0.25, 0.3) is 10.9 Å². The molecule has 4 amide bonds. The van der Waals surface area contributed by atoms with Crippen LogP contribution in [0.1, 0.15) is 25.8 Å². The first-order chi connectivity index (χ1) is 14.9. The summed E-state index contributed by atoms with van der Waals surface area (Å²) in [5.74, 6) is -0.195. The standard InChI is InChI=1S/C24H26N4O3/c1-16(2)14-27-12-11-18-19(9-6-10-21(18)27)25-22(29)13-20-23(30)28(24(31)26-20)15-17-7-4-3-5-8-17/h3-12,16,20H,13-15H2,1-2H3,(H,25,29)(H,26,31)/t20-/m0/s1. The fourth-order valence-corrected chi connectivity index (χ4v) is 3.90. The van der Waals surface area contributed by atoms with Crippen molar-refractivity contribution in [3.05, 3.63) is 66.4 Å². The average Bonchev–Trinajstić information content (AvgIpc) is 3.25. The number of benzene rings is 2. The number of fused-ring (bicyclic) bond motifs is 1. The van der Waals surface area contributed by atoms with E-state index >= 15 is 0 Å². The van der Waals surface area contributed by atoms with Gasteiger partial charge in [-0.25, -0.2) is 4.79 Å². The summed E-state index contributed by atoms with van der Waals surface area (Å²) in [5.41, 5.74) is 2.60. The zero-order valence-corrected chi connectivity index (χ0v) is 17.7. The van der Waals surface area contributed by atoms with Gasteiger partial charge in [0.15, 0.2) is 0 Å². The maximum Gasteiger partial charge on any atom is 0.325 e. The Hall–Kier alpha value is -3.61. The Kier molecular flexibility index (Phi) is 5.75. The van der Waals surface area contributed by atoms with Crippen molar-refractivity contribution >= 4 is 34.4 Å². The first-order valence-electron chi connectivity index (χ1n) is 10.5. The van der Waals surface area contributed by atoms with E-state index in [-0.39, 0.29) is 24.8 Å². The van der Waals surface area contributed by atoms with E-state index in [0.717, 1.165) is 27.9 Å². The minimum Gasteiger partial charge on any atom is -0.347 e. The van der Waals surface area contributed by atoms with Gasteiger partial charge in [-0.15, -0.1) is 0 Å². The Balaban J connectivity index is 1.43. The number of aromatic nitrogens is 1. The molecule has 1 aliphatic heterocycles. The molecule has 1 atom stereocenters. The average molecular weight is 418 g/mol. The maximum absolute atomic E-state index is 12.7. The molecule has 2 aromatic carbocycles. The van der Waals surface area contributed by atoms with Gasteiger partial charge in [-0.05, 0) is 29.7 Å². The number of nitrogens with one attached hydrogen (secondary N) is 2. The Bertz CT molecular complexity index is 1120. The molecule has 1 fully saturated rings. The van der Waals surface area contributed by atoms with Crippen LogP contribution in [0.4, 0.5) is 10.5 Å². The molecule has 7 nitrogen and oxygen atoms in total. The van der Waals surface area contributed by atoms with Gasteiger partial charge in [-0.3, -0.25) is 14.5 Å². The number of imide groups is 1. The molecule has 4 rings (SSSR count). The van der Waals surface area contributed by atoms with E-state index in [1.807, 2.05) is 60.8 Å². The van der Waals surface area contributed by atoms with Crippen molar-refractivity contribution in [1.82, 2.24) is 14.8 Å². The summed E-state index contributed by atoms with van der Waals surface area (Å²) in [5, 5.41) is 6.48. The van der Waals surface area contributed by atoms with Gasteiger partial charge in [0.05, 0.1) is 24.2 Å². The second kappa shape index (κ2) is 8.63. The van der Waals surface area contributed by atoms with E-state index < -0.39 is 12.1 Å². The second-order valence-corrected chi connectivity index (χ2v) is 8.26. The van der Waals surface area contributed by atoms with Crippen molar-refractivity contribution in [3.63, 3.8) is 0 Å². The molecule has 1 aliphatic rings. The Labute approximate surface area is 181 Å². The number of hydrogen-bond donors (Lipinski definition) is 2. The highest BCUT2D eigenvalue weighted by Crippen LogP contribution is 2.26. The van der Waals surface area contributed by atoms with Crippen LogP contribution in [0.2, 0.25) is 0 Å². The Morgan fingerprint density at radius 2 is 1.84 bits per heavy atom. The predicted octanol–water partition coefficient (Wildman–Crippen LogP) is 3.75. The predicted molar refractivity (Wildman–Crippen MR) is 119 cm³/mol. The number of amides is 4. The minimum atomic E-state index is -0.860. The number of carbonyl (C=O) groups excluding carboxylic acids is 3. The highest BCUT2D eigenvalue weighted by Gasteiger charge is 2.39. The molecular formula is C24H26N4O3. The number of anilines is 1. The summed E-state index contributed by atoms with van der Waals surface area (Å²) in [7, 11) is 0. The molecule has 3 aromatic rings. The van der Waals surface area contributed by atoms with Crippen LogP contribution in [0.3, 0.4) is 0 Å². The molecule has 1 aromatic heterocycles. The first kappa shape index (κ1) is 20.7. The van der Waals surface area contributed by atoms with Gasteiger partial charge in [0.2, 0.25) is 5.91 Å².